The van der Waals surface area contributed by atoms with E-state index in [1.54, 1.807) is 4.31 Å². The van der Waals surface area contributed by atoms with Crippen molar-refractivity contribution in [2.45, 2.75) is 38.6 Å². The third-order valence-electron chi connectivity index (χ3n) is 3.10. The van der Waals surface area contributed by atoms with E-state index in [1.807, 2.05) is 13.0 Å². The van der Waals surface area contributed by atoms with Crippen LogP contribution in [0.15, 0.2) is 10.6 Å². The first kappa shape index (κ1) is 12.6. The van der Waals surface area contributed by atoms with Gasteiger partial charge in [-0.15, -0.1) is 0 Å². The van der Waals surface area contributed by atoms with E-state index in [2.05, 4.69) is 5.16 Å². The molecular weight excluding hydrogens is 240 g/mol. The van der Waals surface area contributed by atoms with Crippen molar-refractivity contribution in [1.29, 1.82) is 0 Å². The van der Waals surface area contributed by atoms with Crippen LogP contribution in [-0.2, 0) is 10.0 Å². The molecular formula is C11H18N2O3S. The molecule has 0 aliphatic carbocycles. The normalized spacial score (nSPS) is 23.5. The van der Waals surface area contributed by atoms with Gasteiger partial charge in [0.2, 0.25) is 10.0 Å². The Hall–Kier alpha value is -0.880. The summed E-state index contributed by atoms with van der Waals surface area (Å²) >= 11 is 0. The van der Waals surface area contributed by atoms with Crippen molar-refractivity contribution in [1.82, 2.24) is 9.46 Å². The van der Waals surface area contributed by atoms with Crippen molar-refractivity contribution in [2.75, 3.05) is 12.8 Å². The number of rotatable bonds is 2. The first-order valence-electron chi connectivity index (χ1n) is 5.88. The predicted octanol–water partition coefficient (Wildman–Crippen LogP) is 1.86. The van der Waals surface area contributed by atoms with Gasteiger partial charge in [0.25, 0.3) is 0 Å². The van der Waals surface area contributed by atoms with Gasteiger partial charge >= 0.3 is 0 Å². The Kier molecular flexibility index (Phi) is 3.53. The Morgan fingerprint density at radius 1 is 1.41 bits per heavy atom. The zero-order valence-electron chi connectivity index (χ0n) is 10.2. The van der Waals surface area contributed by atoms with E-state index >= 15 is 0 Å². The summed E-state index contributed by atoms with van der Waals surface area (Å²) < 4.78 is 30.4. The second kappa shape index (κ2) is 4.78. The summed E-state index contributed by atoms with van der Waals surface area (Å²) in [4.78, 5) is 0. The summed E-state index contributed by atoms with van der Waals surface area (Å²) in [5.74, 6) is 0.662. The van der Waals surface area contributed by atoms with Crippen LogP contribution in [0.5, 0.6) is 0 Å². The minimum atomic E-state index is -3.19. The van der Waals surface area contributed by atoms with Gasteiger partial charge in [-0.1, -0.05) is 18.0 Å². The highest BCUT2D eigenvalue weighted by Gasteiger charge is 2.31. The summed E-state index contributed by atoms with van der Waals surface area (Å²) in [7, 11) is -3.19. The highest BCUT2D eigenvalue weighted by Crippen LogP contribution is 2.32. The standard InChI is InChI=1S/C11H18N2O3S/c1-9-8-11(16-12-9)10-6-4-3-5-7-13(10)17(2,14)15/h8,10H,3-7H2,1-2H3. The minimum Gasteiger partial charge on any atom is -0.359 e. The summed E-state index contributed by atoms with van der Waals surface area (Å²) in [5.41, 5.74) is 0.790. The van der Waals surface area contributed by atoms with Gasteiger partial charge in [-0.25, -0.2) is 8.42 Å². The van der Waals surface area contributed by atoms with Gasteiger partial charge in [-0.3, -0.25) is 0 Å². The van der Waals surface area contributed by atoms with Crippen molar-refractivity contribution >= 4 is 10.0 Å². The molecule has 1 aliphatic heterocycles. The van der Waals surface area contributed by atoms with E-state index in [0.717, 1.165) is 31.4 Å². The Morgan fingerprint density at radius 2 is 2.18 bits per heavy atom. The van der Waals surface area contributed by atoms with E-state index in [4.69, 9.17) is 4.52 Å². The maximum atomic E-state index is 11.8. The largest absolute Gasteiger partial charge is 0.359 e. The van der Waals surface area contributed by atoms with E-state index in [9.17, 15) is 8.42 Å². The van der Waals surface area contributed by atoms with E-state index in [-0.39, 0.29) is 6.04 Å². The van der Waals surface area contributed by atoms with Crippen LogP contribution in [0.3, 0.4) is 0 Å². The van der Waals surface area contributed by atoms with Gasteiger partial charge in [0.05, 0.1) is 18.0 Å². The number of hydrogen-bond donors (Lipinski definition) is 0. The molecule has 17 heavy (non-hydrogen) atoms. The lowest BCUT2D eigenvalue weighted by Crippen LogP contribution is -2.33. The zero-order valence-corrected chi connectivity index (χ0v) is 11.0. The quantitative estimate of drug-likeness (QED) is 0.812. The number of aromatic nitrogens is 1. The molecule has 1 saturated heterocycles. The van der Waals surface area contributed by atoms with Crippen LogP contribution < -0.4 is 0 Å². The zero-order chi connectivity index (χ0) is 12.5. The maximum Gasteiger partial charge on any atom is 0.211 e. The first-order valence-corrected chi connectivity index (χ1v) is 7.73. The molecule has 1 aromatic rings. The Labute approximate surface area is 102 Å². The molecule has 6 heteroatoms. The monoisotopic (exact) mass is 258 g/mol. The molecule has 0 aromatic carbocycles. The van der Waals surface area contributed by atoms with Crippen molar-refractivity contribution in [3.05, 3.63) is 17.5 Å². The fourth-order valence-electron chi connectivity index (χ4n) is 2.30. The molecule has 1 aliphatic rings. The molecule has 0 saturated carbocycles. The fraction of sp³-hybridized carbons (Fsp3) is 0.727. The second-order valence-corrected chi connectivity index (χ2v) is 6.54. The smallest absolute Gasteiger partial charge is 0.211 e. The molecule has 5 nitrogen and oxygen atoms in total. The van der Waals surface area contributed by atoms with Crippen molar-refractivity contribution in [3.8, 4) is 0 Å². The highest BCUT2D eigenvalue weighted by atomic mass is 32.2. The average molecular weight is 258 g/mol. The van der Waals surface area contributed by atoms with Crippen LogP contribution in [-0.4, -0.2) is 30.7 Å². The van der Waals surface area contributed by atoms with Gasteiger partial charge < -0.3 is 4.52 Å². The molecule has 0 spiro atoms. The summed E-state index contributed by atoms with van der Waals surface area (Å²) in [5, 5.41) is 3.84. The molecule has 2 rings (SSSR count). The summed E-state index contributed by atoms with van der Waals surface area (Å²) in [6.45, 7) is 2.41. The lowest BCUT2D eigenvalue weighted by Gasteiger charge is -2.25. The van der Waals surface area contributed by atoms with Crippen LogP contribution in [0.2, 0.25) is 0 Å². The average Bonchev–Trinajstić information content (AvgIpc) is 2.52. The van der Waals surface area contributed by atoms with E-state index in [0.29, 0.717) is 12.3 Å². The fourth-order valence-corrected chi connectivity index (χ4v) is 3.44. The Bertz CT molecular complexity index is 481. The molecule has 1 fully saturated rings. The molecule has 2 heterocycles. The minimum absolute atomic E-state index is 0.186. The van der Waals surface area contributed by atoms with Crippen molar-refractivity contribution in [3.63, 3.8) is 0 Å². The molecule has 96 valence electrons. The van der Waals surface area contributed by atoms with Gasteiger partial charge in [-0.2, -0.15) is 4.31 Å². The molecule has 1 atom stereocenters. The van der Waals surface area contributed by atoms with Crippen LogP contribution >= 0.6 is 0 Å². The highest BCUT2D eigenvalue weighted by molar-refractivity contribution is 7.88. The van der Waals surface area contributed by atoms with Gasteiger partial charge in [0.15, 0.2) is 5.76 Å². The summed E-state index contributed by atoms with van der Waals surface area (Å²) in [6, 6.07) is 1.64. The molecule has 0 amide bonds. The van der Waals surface area contributed by atoms with Gasteiger partial charge in [0, 0.05) is 12.6 Å². The first-order chi connectivity index (χ1) is 7.98. The third-order valence-corrected chi connectivity index (χ3v) is 4.39. The topological polar surface area (TPSA) is 63.4 Å². The lowest BCUT2D eigenvalue weighted by molar-refractivity contribution is 0.259. The SMILES string of the molecule is Cc1cc(C2CCCCCN2S(C)(=O)=O)on1. The summed E-state index contributed by atoms with van der Waals surface area (Å²) in [6.07, 6.45) is 5.07. The van der Waals surface area contributed by atoms with Gasteiger partial charge in [-0.05, 0) is 19.8 Å². The van der Waals surface area contributed by atoms with Crippen molar-refractivity contribution < 1.29 is 12.9 Å². The van der Waals surface area contributed by atoms with E-state index in [1.165, 1.54) is 6.26 Å². The van der Waals surface area contributed by atoms with Crippen LogP contribution in [0, 0.1) is 6.92 Å². The van der Waals surface area contributed by atoms with Crippen LogP contribution in [0.1, 0.15) is 43.2 Å². The third kappa shape index (κ3) is 2.87. The molecule has 0 bridgehead atoms. The number of hydrogen-bond acceptors (Lipinski definition) is 4. The molecule has 1 aromatic heterocycles. The lowest BCUT2D eigenvalue weighted by atomic mass is 10.1. The number of nitrogens with zero attached hydrogens (tertiary/aromatic N) is 2. The Balaban J connectivity index is 2.33. The van der Waals surface area contributed by atoms with E-state index < -0.39 is 10.0 Å². The maximum absolute atomic E-state index is 11.8. The molecule has 1 unspecified atom stereocenters. The van der Waals surface area contributed by atoms with Crippen LogP contribution in [0.4, 0.5) is 0 Å². The molecule has 0 N–H and O–H groups in total. The van der Waals surface area contributed by atoms with Crippen molar-refractivity contribution in [2.24, 2.45) is 0 Å². The Morgan fingerprint density at radius 3 is 2.76 bits per heavy atom. The second-order valence-electron chi connectivity index (χ2n) is 4.61. The number of aryl methyl sites for hydroxylation is 1. The predicted molar refractivity (Wildman–Crippen MR) is 64.0 cm³/mol. The van der Waals surface area contributed by atoms with Crippen LogP contribution in [0.25, 0.3) is 0 Å². The molecule has 0 radical (unpaired) electrons. The van der Waals surface area contributed by atoms with Gasteiger partial charge in [0.1, 0.15) is 0 Å². The number of sulfonamides is 1.